The van der Waals surface area contributed by atoms with Crippen LogP contribution in [0, 0.1) is 0 Å². The molecule has 3 heteroatoms. The summed E-state index contributed by atoms with van der Waals surface area (Å²) >= 11 is 0. The van der Waals surface area contributed by atoms with Crippen LogP contribution in [0.1, 0.15) is 24.5 Å². The maximum absolute atomic E-state index is 2.33. The molecule has 0 amide bonds. The Labute approximate surface area is 206 Å². The molecule has 0 aromatic heterocycles. The van der Waals surface area contributed by atoms with Crippen molar-refractivity contribution in [3.8, 4) is 0 Å². The third-order valence-electron chi connectivity index (χ3n) is 6.03. The fourth-order valence-electron chi connectivity index (χ4n) is 3.75. The molecule has 3 nitrogen and oxygen atoms in total. The monoisotopic (exact) mass is 452 g/mol. The van der Waals surface area contributed by atoms with Crippen LogP contribution in [0.15, 0.2) is 102 Å². The highest BCUT2D eigenvalue weighted by molar-refractivity contribution is 6.02. The molecule has 0 bridgehead atoms. The molecule has 1 aliphatic carbocycles. The summed E-state index contributed by atoms with van der Waals surface area (Å²) in [5.74, 6) is 0. The third kappa shape index (κ3) is 6.48. The molecule has 0 spiro atoms. The molecule has 0 N–H and O–H groups in total. The predicted octanol–water partition coefficient (Wildman–Crippen LogP) is 6.35. The summed E-state index contributed by atoms with van der Waals surface area (Å²) in [6.45, 7) is 2.22. The van der Waals surface area contributed by atoms with Crippen molar-refractivity contribution in [3.63, 3.8) is 0 Å². The van der Waals surface area contributed by atoms with Crippen LogP contribution in [0.5, 0.6) is 0 Å². The molecule has 0 atom stereocenters. The van der Waals surface area contributed by atoms with E-state index in [-0.39, 0.29) is 0 Å². The summed E-state index contributed by atoms with van der Waals surface area (Å²) in [4.78, 5) is 4.26. The number of hydrogen-bond acceptors (Lipinski definition) is 2. The minimum atomic E-state index is 0.960. The molecule has 34 heavy (non-hydrogen) atoms. The van der Waals surface area contributed by atoms with Gasteiger partial charge in [-0.15, -0.1) is 0 Å². The van der Waals surface area contributed by atoms with Gasteiger partial charge in [-0.25, -0.2) is 4.58 Å². The zero-order valence-electron chi connectivity index (χ0n) is 21.7. The van der Waals surface area contributed by atoms with Crippen molar-refractivity contribution < 1.29 is 4.58 Å². The van der Waals surface area contributed by atoms with Gasteiger partial charge in [0.2, 0.25) is 0 Å². The number of anilines is 2. The quantitative estimate of drug-likeness (QED) is 0.358. The average Bonchev–Trinajstić information content (AvgIpc) is 2.84. The minimum absolute atomic E-state index is 0.960. The van der Waals surface area contributed by atoms with Gasteiger partial charge in [-0.2, -0.15) is 0 Å². The second-order valence-electron chi connectivity index (χ2n) is 9.19. The van der Waals surface area contributed by atoms with E-state index in [9.17, 15) is 0 Å². The molecule has 1 aliphatic rings. The average molecular weight is 453 g/mol. The van der Waals surface area contributed by atoms with Gasteiger partial charge in [0, 0.05) is 51.7 Å². The SMILES string of the molecule is CC/C(C=C(c1ccc(N(C)C)cc1)c1ccc(N(C)C)cc1)=C\C=C1C=CC(=[N+](C)C)C=C1. The van der Waals surface area contributed by atoms with Gasteiger partial charge in [0.15, 0.2) is 5.71 Å². The summed E-state index contributed by atoms with van der Waals surface area (Å²) in [5.41, 5.74) is 9.79. The van der Waals surface area contributed by atoms with Crippen LogP contribution >= 0.6 is 0 Å². The van der Waals surface area contributed by atoms with Crippen LogP contribution in [0.4, 0.5) is 11.4 Å². The molecule has 0 fully saturated rings. The Hall–Kier alpha value is -3.59. The predicted molar refractivity (Wildman–Crippen MR) is 150 cm³/mol. The maximum Gasteiger partial charge on any atom is 0.199 e. The van der Waals surface area contributed by atoms with Crippen molar-refractivity contribution in [3.05, 3.63) is 113 Å². The highest BCUT2D eigenvalue weighted by Gasteiger charge is 2.08. The second kappa shape index (κ2) is 11.5. The molecule has 0 unspecified atom stereocenters. The molecule has 3 rings (SSSR count). The summed E-state index contributed by atoms with van der Waals surface area (Å²) in [6.07, 6.45) is 16.4. The largest absolute Gasteiger partial charge is 0.378 e. The van der Waals surface area contributed by atoms with Crippen molar-refractivity contribution in [2.24, 2.45) is 0 Å². The molecule has 2 aromatic rings. The van der Waals surface area contributed by atoms with Gasteiger partial charge in [0.25, 0.3) is 0 Å². The van der Waals surface area contributed by atoms with Crippen molar-refractivity contribution in [1.82, 2.24) is 0 Å². The van der Waals surface area contributed by atoms with E-state index >= 15 is 0 Å². The van der Waals surface area contributed by atoms with Crippen molar-refractivity contribution in [2.75, 3.05) is 52.1 Å². The van der Waals surface area contributed by atoms with Gasteiger partial charge in [-0.3, -0.25) is 0 Å². The van der Waals surface area contributed by atoms with E-state index in [1.165, 1.54) is 44.9 Å². The van der Waals surface area contributed by atoms with Crippen LogP contribution in [-0.2, 0) is 0 Å². The number of rotatable bonds is 7. The molecular weight excluding hydrogens is 414 g/mol. The first-order chi connectivity index (χ1) is 16.3. The molecule has 0 saturated carbocycles. The van der Waals surface area contributed by atoms with E-state index in [1.807, 2.05) is 0 Å². The fraction of sp³-hybridized carbons (Fsp3) is 0.258. The van der Waals surface area contributed by atoms with Crippen molar-refractivity contribution >= 4 is 22.7 Å². The van der Waals surface area contributed by atoms with Gasteiger partial charge in [-0.1, -0.05) is 49.4 Å². The smallest absolute Gasteiger partial charge is 0.199 e. The molecule has 2 aromatic carbocycles. The van der Waals surface area contributed by atoms with Crippen LogP contribution in [0.2, 0.25) is 0 Å². The Morgan fingerprint density at radius 2 is 1.21 bits per heavy atom. The van der Waals surface area contributed by atoms with Gasteiger partial charge >= 0.3 is 0 Å². The molecule has 0 saturated heterocycles. The van der Waals surface area contributed by atoms with Gasteiger partial charge in [0.1, 0.15) is 14.1 Å². The summed E-state index contributed by atoms with van der Waals surface area (Å²) < 4.78 is 2.12. The normalized spacial score (nSPS) is 13.1. The second-order valence-corrected chi connectivity index (χ2v) is 9.19. The highest BCUT2D eigenvalue weighted by atomic mass is 15.1. The van der Waals surface area contributed by atoms with E-state index in [4.69, 9.17) is 0 Å². The van der Waals surface area contributed by atoms with E-state index in [0.717, 1.165) is 6.42 Å². The summed E-state index contributed by atoms with van der Waals surface area (Å²) in [7, 11) is 12.4. The Balaban J connectivity index is 2.01. The molecule has 0 aliphatic heterocycles. The van der Waals surface area contributed by atoms with Crippen LogP contribution in [-0.4, -0.2) is 52.6 Å². The summed E-state index contributed by atoms with van der Waals surface area (Å²) in [5, 5.41) is 0. The molecular formula is C31H38N3+. The lowest BCUT2D eigenvalue weighted by Crippen LogP contribution is -2.09. The van der Waals surface area contributed by atoms with Gasteiger partial charge in [0.05, 0.1) is 0 Å². The van der Waals surface area contributed by atoms with E-state index in [2.05, 4.69) is 155 Å². The standard InChI is InChI=1S/C31H38N3/c1-8-24(9-10-25-11-17-28(18-12-25)32(2)3)23-31(26-13-19-29(20-14-26)33(4)5)27-15-21-30(22-16-27)34(6)7/h9-23H,8H2,1-7H3/q+1. The lowest BCUT2D eigenvalue weighted by Gasteiger charge is -2.16. The van der Waals surface area contributed by atoms with E-state index in [0.29, 0.717) is 0 Å². The first kappa shape index (κ1) is 25.0. The lowest BCUT2D eigenvalue weighted by molar-refractivity contribution is -0.462. The zero-order chi connectivity index (χ0) is 24.7. The Morgan fingerprint density at radius 1 is 0.735 bits per heavy atom. The summed E-state index contributed by atoms with van der Waals surface area (Å²) in [6, 6.07) is 17.6. The van der Waals surface area contributed by atoms with E-state index in [1.54, 1.807) is 0 Å². The lowest BCUT2D eigenvalue weighted by atomic mass is 9.94. The minimum Gasteiger partial charge on any atom is -0.378 e. The number of hydrogen-bond donors (Lipinski definition) is 0. The van der Waals surface area contributed by atoms with Crippen molar-refractivity contribution in [2.45, 2.75) is 13.3 Å². The number of benzene rings is 2. The molecule has 0 heterocycles. The first-order valence-electron chi connectivity index (χ1n) is 11.9. The topological polar surface area (TPSA) is 9.49 Å². The highest BCUT2D eigenvalue weighted by Crippen LogP contribution is 2.29. The van der Waals surface area contributed by atoms with Crippen molar-refractivity contribution in [1.29, 1.82) is 0 Å². The Bertz CT molecular complexity index is 1090. The van der Waals surface area contributed by atoms with Crippen LogP contribution < -0.4 is 9.80 Å². The zero-order valence-corrected chi connectivity index (χ0v) is 21.7. The first-order valence-corrected chi connectivity index (χ1v) is 11.9. The number of nitrogens with zero attached hydrogens (tertiary/aromatic N) is 3. The third-order valence-corrected chi connectivity index (χ3v) is 6.03. The van der Waals surface area contributed by atoms with E-state index < -0.39 is 0 Å². The Morgan fingerprint density at radius 3 is 1.59 bits per heavy atom. The maximum atomic E-state index is 2.33. The molecule has 176 valence electrons. The van der Waals surface area contributed by atoms with Gasteiger partial charge in [-0.05, 0) is 70.7 Å². The number of allylic oxidation sites excluding steroid dienone is 9. The van der Waals surface area contributed by atoms with Crippen LogP contribution in [0.3, 0.4) is 0 Å². The van der Waals surface area contributed by atoms with Gasteiger partial charge < -0.3 is 9.80 Å². The fourth-order valence-corrected chi connectivity index (χ4v) is 3.75. The molecule has 0 radical (unpaired) electrons. The van der Waals surface area contributed by atoms with Crippen LogP contribution in [0.25, 0.3) is 5.57 Å². The Kier molecular flexibility index (Phi) is 8.48.